The molecule has 3 aromatic carbocycles. The standard InChI is InChI=1S/C28H32N4O7S/c1-4-17-29-28(34)21(2)30(19-22-9-8-10-25(18-22)39-3)27(33)20-31(23-13-15-24(16-14-23)32(35)36)40(37,38)26-11-6-5-7-12-26/h5-16,18,21H,4,17,19-20H2,1-3H3,(H,29,34)/t21-/m1/s1. The molecule has 0 fully saturated rings. The van der Waals surface area contributed by atoms with Gasteiger partial charge in [0.05, 0.1) is 22.6 Å². The Morgan fingerprint density at radius 2 is 1.70 bits per heavy atom. The first kappa shape index (κ1) is 30.1. The second-order valence-corrected chi connectivity index (χ2v) is 10.8. The van der Waals surface area contributed by atoms with Gasteiger partial charge in [-0.3, -0.25) is 24.0 Å². The maximum absolute atomic E-state index is 13.9. The van der Waals surface area contributed by atoms with Crippen molar-refractivity contribution in [3.8, 4) is 5.75 Å². The summed E-state index contributed by atoms with van der Waals surface area (Å²) in [6.07, 6.45) is 0.700. The predicted molar refractivity (Wildman–Crippen MR) is 150 cm³/mol. The van der Waals surface area contributed by atoms with Crippen LogP contribution in [0.1, 0.15) is 25.8 Å². The third-order valence-electron chi connectivity index (χ3n) is 6.16. The van der Waals surface area contributed by atoms with E-state index in [0.29, 0.717) is 24.3 Å². The molecule has 0 aliphatic carbocycles. The molecular weight excluding hydrogens is 536 g/mol. The first-order valence-electron chi connectivity index (χ1n) is 12.6. The number of nitro groups is 1. The van der Waals surface area contributed by atoms with Crippen LogP contribution in [0.2, 0.25) is 0 Å². The lowest BCUT2D eigenvalue weighted by molar-refractivity contribution is -0.384. The quantitative estimate of drug-likeness (QED) is 0.245. The van der Waals surface area contributed by atoms with Gasteiger partial charge >= 0.3 is 0 Å². The summed E-state index contributed by atoms with van der Waals surface area (Å²) in [6.45, 7) is 3.26. The number of ether oxygens (including phenoxy) is 1. The van der Waals surface area contributed by atoms with E-state index in [1.165, 1.54) is 48.4 Å². The SMILES string of the molecule is CCCNC(=O)[C@@H](C)N(Cc1cccc(OC)c1)C(=O)CN(c1ccc([N+](=O)[O-])cc1)S(=O)(=O)c1ccccc1. The molecule has 1 atom stereocenters. The van der Waals surface area contributed by atoms with Crippen LogP contribution >= 0.6 is 0 Å². The topological polar surface area (TPSA) is 139 Å². The number of nitro benzene ring substituents is 1. The Hall–Kier alpha value is -4.45. The number of nitrogens with zero attached hydrogens (tertiary/aromatic N) is 3. The number of amides is 2. The Morgan fingerprint density at radius 3 is 2.30 bits per heavy atom. The van der Waals surface area contributed by atoms with Crippen molar-refractivity contribution >= 4 is 33.2 Å². The molecular formula is C28H32N4O7S. The largest absolute Gasteiger partial charge is 0.497 e. The highest BCUT2D eigenvalue weighted by molar-refractivity contribution is 7.92. The number of hydrogen-bond acceptors (Lipinski definition) is 7. The van der Waals surface area contributed by atoms with E-state index < -0.39 is 33.4 Å². The number of methoxy groups -OCH3 is 1. The Bertz CT molecular complexity index is 1430. The molecule has 212 valence electrons. The molecule has 1 N–H and O–H groups in total. The monoisotopic (exact) mass is 568 g/mol. The van der Waals surface area contributed by atoms with Gasteiger partial charge in [0.2, 0.25) is 11.8 Å². The first-order valence-corrected chi connectivity index (χ1v) is 14.0. The van der Waals surface area contributed by atoms with Gasteiger partial charge in [-0.05, 0) is 55.3 Å². The number of non-ortho nitro benzene ring substituents is 1. The highest BCUT2D eigenvalue weighted by Gasteiger charge is 2.32. The summed E-state index contributed by atoms with van der Waals surface area (Å²) in [5.41, 5.74) is 0.510. The van der Waals surface area contributed by atoms with Crippen LogP contribution in [0.4, 0.5) is 11.4 Å². The lowest BCUT2D eigenvalue weighted by Gasteiger charge is -2.32. The molecule has 0 radical (unpaired) electrons. The van der Waals surface area contributed by atoms with Crippen molar-refractivity contribution in [3.05, 3.63) is 94.5 Å². The van der Waals surface area contributed by atoms with Crippen LogP contribution in [0.3, 0.4) is 0 Å². The fourth-order valence-corrected chi connectivity index (χ4v) is 5.37. The molecule has 0 aliphatic rings. The molecule has 40 heavy (non-hydrogen) atoms. The zero-order valence-electron chi connectivity index (χ0n) is 22.5. The Balaban J connectivity index is 2.03. The maximum Gasteiger partial charge on any atom is 0.269 e. The minimum absolute atomic E-state index is 0.0101. The van der Waals surface area contributed by atoms with Crippen molar-refractivity contribution in [1.29, 1.82) is 0 Å². The summed E-state index contributed by atoms with van der Waals surface area (Å²) in [5, 5.41) is 13.9. The molecule has 0 unspecified atom stereocenters. The smallest absolute Gasteiger partial charge is 0.269 e. The fourth-order valence-electron chi connectivity index (χ4n) is 3.94. The van der Waals surface area contributed by atoms with E-state index in [2.05, 4.69) is 5.32 Å². The van der Waals surface area contributed by atoms with E-state index in [9.17, 15) is 28.1 Å². The van der Waals surface area contributed by atoms with Crippen LogP contribution in [0, 0.1) is 10.1 Å². The van der Waals surface area contributed by atoms with Gasteiger partial charge in [-0.2, -0.15) is 0 Å². The first-order chi connectivity index (χ1) is 19.1. The van der Waals surface area contributed by atoms with Crippen LogP contribution in [-0.4, -0.2) is 56.3 Å². The van der Waals surface area contributed by atoms with E-state index >= 15 is 0 Å². The average Bonchev–Trinajstić information content (AvgIpc) is 2.97. The molecule has 0 saturated heterocycles. The van der Waals surface area contributed by atoms with Crippen molar-refractivity contribution < 1.29 is 27.7 Å². The highest BCUT2D eigenvalue weighted by atomic mass is 32.2. The van der Waals surface area contributed by atoms with Gasteiger partial charge in [0.1, 0.15) is 18.3 Å². The zero-order chi connectivity index (χ0) is 29.3. The van der Waals surface area contributed by atoms with Crippen LogP contribution in [-0.2, 0) is 26.2 Å². The van der Waals surface area contributed by atoms with Gasteiger partial charge in [-0.1, -0.05) is 37.3 Å². The fraction of sp³-hybridized carbons (Fsp3) is 0.286. The van der Waals surface area contributed by atoms with Crippen molar-refractivity contribution in [2.75, 3.05) is 24.5 Å². The number of carbonyl (C=O) groups excluding carboxylic acids is 2. The summed E-state index contributed by atoms with van der Waals surface area (Å²) in [7, 11) is -2.75. The van der Waals surface area contributed by atoms with Crippen molar-refractivity contribution in [1.82, 2.24) is 10.2 Å². The molecule has 3 aromatic rings. The van der Waals surface area contributed by atoms with E-state index in [-0.39, 0.29) is 28.7 Å². The molecule has 0 aliphatic heterocycles. The van der Waals surface area contributed by atoms with Crippen molar-refractivity contribution in [2.45, 2.75) is 37.8 Å². The number of anilines is 1. The predicted octanol–water partition coefficient (Wildman–Crippen LogP) is 3.74. The summed E-state index contributed by atoms with van der Waals surface area (Å²) in [4.78, 5) is 38.6. The summed E-state index contributed by atoms with van der Waals surface area (Å²) < 4.78 is 33.6. The van der Waals surface area contributed by atoms with Crippen LogP contribution in [0.5, 0.6) is 5.75 Å². The molecule has 2 amide bonds. The van der Waals surface area contributed by atoms with Gasteiger partial charge in [0, 0.05) is 25.2 Å². The third-order valence-corrected chi connectivity index (χ3v) is 7.95. The van der Waals surface area contributed by atoms with Gasteiger partial charge < -0.3 is 15.0 Å². The molecule has 12 heteroatoms. The molecule has 0 aromatic heterocycles. The Morgan fingerprint density at radius 1 is 1.02 bits per heavy atom. The van der Waals surface area contributed by atoms with Gasteiger partial charge in [0.25, 0.3) is 15.7 Å². The average molecular weight is 569 g/mol. The number of benzene rings is 3. The van der Waals surface area contributed by atoms with Gasteiger partial charge in [-0.15, -0.1) is 0 Å². The zero-order valence-corrected chi connectivity index (χ0v) is 23.3. The molecule has 0 heterocycles. The van der Waals surface area contributed by atoms with Gasteiger partial charge in [-0.25, -0.2) is 8.42 Å². The number of hydrogen-bond donors (Lipinski definition) is 1. The van der Waals surface area contributed by atoms with E-state index in [1.54, 1.807) is 49.4 Å². The highest BCUT2D eigenvalue weighted by Crippen LogP contribution is 2.26. The van der Waals surface area contributed by atoms with E-state index in [1.807, 2.05) is 6.92 Å². The van der Waals surface area contributed by atoms with Crippen molar-refractivity contribution in [3.63, 3.8) is 0 Å². The molecule has 11 nitrogen and oxygen atoms in total. The number of rotatable bonds is 13. The number of carbonyl (C=O) groups is 2. The second kappa shape index (κ2) is 13.6. The summed E-state index contributed by atoms with van der Waals surface area (Å²) in [5.74, 6) is -0.460. The lowest BCUT2D eigenvalue weighted by atomic mass is 10.1. The molecule has 0 bridgehead atoms. The van der Waals surface area contributed by atoms with Crippen LogP contribution in [0.15, 0.2) is 83.8 Å². The van der Waals surface area contributed by atoms with Gasteiger partial charge in [0.15, 0.2) is 0 Å². The second-order valence-electron chi connectivity index (χ2n) is 8.94. The Labute approximate surface area is 233 Å². The number of sulfonamides is 1. The Kier molecular flexibility index (Phi) is 10.2. The maximum atomic E-state index is 13.9. The number of nitrogens with one attached hydrogen (secondary N) is 1. The molecule has 0 saturated carbocycles. The van der Waals surface area contributed by atoms with E-state index in [4.69, 9.17) is 4.74 Å². The normalized spacial score (nSPS) is 11.8. The summed E-state index contributed by atoms with van der Waals surface area (Å²) >= 11 is 0. The minimum atomic E-state index is -4.26. The molecule has 0 spiro atoms. The van der Waals surface area contributed by atoms with Crippen molar-refractivity contribution in [2.24, 2.45) is 0 Å². The lowest BCUT2D eigenvalue weighted by Crippen LogP contribution is -2.51. The molecule has 3 rings (SSSR count). The van der Waals surface area contributed by atoms with E-state index in [0.717, 1.165) is 4.31 Å². The van der Waals surface area contributed by atoms with Crippen LogP contribution in [0.25, 0.3) is 0 Å². The third kappa shape index (κ3) is 7.35. The van der Waals surface area contributed by atoms with Crippen LogP contribution < -0.4 is 14.4 Å². The summed E-state index contributed by atoms with van der Waals surface area (Å²) in [6, 6.07) is 18.5. The minimum Gasteiger partial charge on any atom is -0.497 e.